The van der Waals surface area contributed by atoms with E-state index < -0.39 is 0 Å². The lowest BCUT2D eigenvalue weighted by Gasteiger charge is -2.27. The Morgan fingerprint density at radius 1 is 1.24 bits per heavy atom. The van der Waals surface area contributed by atoms with Crippen LogP contribution in [0.15, 0.2) is 23.0 Å². The van der Waals surface area contributed by atoms with Gasteiger partial charge in [-0.3, -0.25) is 4.79 Å². The molecule has 29 heavy (non-hydrogen) atoms. The lowest BCUT2D eigenvalue weighted by Crippen LogP contribution is -3.06. The van der Waals surface area contributed by atoms with E-state index in [0.717, 1.165) is 30.5 Å². The van der Waals surface area contributed by atoms with Gasteiger partial charge in [0.15, 0.2) is 16.6 Å². The van der Waals surface area contributed by atoms with E-state index in [1.807, 2.05) is 18.2 Å². The van der Waals surface area contributed by atoms with Crippen molar-refractivity contribution in [1.82, 2.24) is 15.2 Å². The van der Waals surface area contributed by atoms with Crippen molar-refractivity contribution in [2.75, 3.05) is 46.9 Å². The Morgan fingerprint density at radius 2 is 1.93 bits per heavy atom. The van der Waals surface area contributed by atoms with Crippen LogP contribution in [0.4, 0.5) is 0 Å². The molecule has 0 saturated heterocycles. The average molecular weight is 420 g/mol. The molecule has 3 N–H and O–H groups in total. The molecular weight excluding hydrogens is 388 g/mol. The average Bonchev–Trinajstić information content (AvgIpc) is 2.67. The molecule has 8 heteroatoms. The maximum Gasteiger partial charge on any atom is 0.253 e. The van der Waals surface area contributed by atoms with Gasteiger partial charge in [0.05, 0.1) is 39.2 Å². The molecule has 1 aliphatic heterocycles. The zero-order chi connectivity index (χ0) is 21.0. The zero-order valence-corrected chi connectivity index (χ0v) is 18.4. The second-order valence-corrected chi connectivity index (χ2v) is 8.55. The molecule has 1 aromatic carbocycles. The van der Waals surface area contributed by atoms with Crippen LogP contribution in [-0.2, 0) is 6.54 Å². The van der Waals surface area contributed by atoms with Crippen LogP contribution >= 0.6 is 12.2 Å². The number of likely N-dealkylation sites (N-methyl/N-ethyl adjacent to an activating group) is 1. The maximum absolute atomic E-state index is 12.7. The van der Waals surface area contributed by atoms with E-state index >= 15 is 0 Å². The lowest BCUT2D eigenvalue weighted by molar-refractivity contribution is -0.857. The quantitative estimate of drug-likeness (QED) is 0.576. The Balaban J connectivity index is 1.86. The maximum atomic E-state index is 12.7. The zero-order valence-electron chi connectivity index (χ0n) is 17.6. The van der Waals surface area contributed by atoms with Crippen LogP contribution in [0.5, 0.6) is 11.5 Å². The van der Waals surface area contributed by atoms with Crippen molar-refractivity contribution < 1.29 is 14.4 Å². The van der Waals surface area contributed by atoms with E-state index in [0.29, 0.717) is 47.9 Å². The lowest BCUT2D eigenvalue weighted by atomic mass is 10.1. The second-order valence-electron chi connectivity index (χ2n) is 8.17. The SMILES string of the molecule is CC(C)CNC(=S)N(CC[NH+](C)C)Cc1cc2cc3c(cc2[nH]c1=O)OCCO3. The Morgan fingerprint density at radius 3 is 2.59 bits per heavy atom. The molecule has 158 valence electrons. The summed E-state index contributed by atoms with van der Waals surface area (Å²) in [5.41, 5.74) is 1.31. The number of H-pyrrole nitrogens is 1. The van der Waals surface area contributed by atoms with Gasteiger partial charge in [0, 0.05) is 23.6 Å². The summed E-state index contributed by atoms with van der Waals surface area (Å²) in [6.45, 7) is 8.29. The van der Waals surface area contributed by atoms with Crippen LogP contribution in [0.1, 0.15) is 19.4 Å². The fourth-order valence-electron chi connectivity index (χ4n) is 3.13. The summed E-state index contributed by atoms with van der Waals surface area (Å²) in [6.07, 6.45) is 0. The Kier molecular flexibility index (Phi) is 6.97. The summed E-state index contributed by atoms with van der Waals surface area (Å²) >= 11 is 5.62. The predicted octanol–water partition coefficient (Wildman–Crippen LogP) is 0.776. The predicted molar refractivity (Wildman–Crippen MR) is 119 cm³/mol. The molecule has 7 nitrogen and oxygen atoms in total. The minimum atomic E-state index is -0.108. The van der Waals surface area contributed by atoms with Crippen LogP contribution in [0.25, 0.3) is 10.9 Å². The second kappa shape index (κ2) is 9.45. The minimum Gasteiger partial charge on any atom is -0.486 e. The standard InChI is InChI=1S/C21H30N4O3S/c1-14(2)12-22-21(29)25(6-5-24(3)4)13-16-9-15-10-18-19(28-8-7-27-18)11-17(15)23-20(16)26/h9-11,14H,5-8,12-13H2,1-4H3,(H,22,29)(H,23,26)/p+1. The largest absolute Gasteiger partial charge is 0.486 e. The van der Waals surface area contributed by atoms with Gasteiger partial charge in [-0.15, -0.1) is 0 Å². The van der Waals surface area contributed by atoms with Crippen molar-refractivity contribution in [3.8, 4) is 11.5 Å². The van der Waals surface area contributed by atoms with Crippen molar-refractivity contribution >= 4 is 28.2 Å². The smallest absolute Gasteiger partial charge is 0.253 e. The summed E-state index contributed by atoms with van der Waals surface area (Å²) in [4.78, 5) is 19.1. The van der Waals surface area contributed by atoms with Gasteiger partial charge in [-0.25, -0.2) is 0 Å². The first-order valence-electron chi connectivity index (χ1n) is 10.1. The number of fused-ring (bicyclic) bond motifs is 2. The minimum absolute atomic E-state index is 0.108. The van der Waals surface area contributed by atoms with Crippen LogP contribution in [0.3, 0.4) is 0 Å². The van der Waals surface area contributed by atoms with Crippen LogP contribution in [-0.4, -0.2) is 61.9 Å². The highest BCUT2D eigenvalue weighted by molar-refractivity contribution is 7.80. The first-order chi connectivity index (χ1) is 13.8. The van der Waals surface area contributed by atoms with Gasteiger partial charge in [0.1, 0.15) is 13.2 Å². The van der Waals surface area contributed by atoms with Crippen molar-refractivity contribution in [3.63, 3.8) is 0 Å². The fourth-order valence-corrected chi connectivity index (χ4v) is 3.36. The van der Waals surface area contributed by atoms with Gasteiger partial charge in [0.2, 0.25) is 0 Å². The molecule has 3 rings (SSSR count). The molecule has 1 aromatic heterocycles. The summed E-state index contributed by atoms with van der Waals surface area (Å²) < 4.78 is 11.3. The first-order valence-corrected chi connectivity index (χ1v) is 10.5. The number of ether oxygens (including phenoxy) is 2. The number of aromatic amines is 1. The van der Waals surface area contributed by atoms with E-state index in [1.165, 1.54) is 4.90 Å². The number of hydrogen-bond donors (Lipinski definition) is 3. The number of benzene rings is 1. The fraction of sp³-hybridized carbons (Fsp3) is 0.524. The number of nitrogens with zero attached hydrogens (tertiary/aromatic N) is 1. The normalized spacial score (nSPS) is 13.2. The summed E-state index contributed by atoms with van der Waals surface area (Å²) in [6, 6.07) is 5.68. The van der Waals surface area contributed by atoms with Crippen LogP contribution in [0.2, 0.25) is 0 Å². The molecule has 0 fully saturated rings. The molecule has 0 unspecified atom stereocenters. The molecule has 0 radical (unpaired) electrons. The van der Waals surface area contributed by atoms with Crippen molar-refractivity contribution in [2.24, 2.45) is 5.92 Å². The van der Waals surface area contributed by atoms with Crippen molar-refractivity contribution in [1.29, 1.82) is 0 Å². The molecule has 0 aliphatic carbocycles. The third-order valence-corrected chi connectivity index (χ3v) is 5.18. The molecule has 0 amide bonds. The van der Waals surface area contributed by atoms with Crippen molar-refractivity contribution in [3.05, 3.63) is 34.1 Å². The molecule has 2 aromatic rings. The van der Waals surface area contributed by atoms with E-state index in [-0.39, 0.29) is 5.56 Å². The van der Waals surface area contributed by atoms with Gasteiger partial charge in [0.25, 0.3) is 5.56 Å². The Bertz CT molecular complexity index is 926. The Hall–Kier alpha value is -2.32. The van der Waals surface area contributed by atoms with Gasteiger partial charge in [-0.1, -0.05) is 13.8 Å². The van der Waals surface area contributed by atoms with E-state index in [1.54, 1.807) is 0 Å². The van der Waals surface area contributed by atoms with Crippen LogP contribution in [0, 0.1) is 5.92 Å². The molecule has 0 bridgehead atoms. The highest BCUT2D eigenvalue weighted by Crippen LogP contribution is 2.33. The van der Waals surface area contributed by atoms with E-state index in [2.05, 4.69) is 43.1 Å². The van der Waals surface area contributed by atoms with Gasteiger partial charge in [-0.2, -0.15) is 0 Å². The Labute approximate surface area is 177 Å². The number of thiocarbonyl (C=S) groups is 1. The number of rotatable bonds is 7. The molecule has 0 spiro atoms. The highest BCUT2D eigenvalue weighted by Gasteiger charge is 2.17. The molecular formula is C21H31N4O3S+. The third kappa shape index (κ3) is 5.61. The van der Waals surface area contributed by atoms with Gasteiger partial charge >= 0.3 is 0 Å². The van der Waals surface area contributed by atoms with Gasteiger partial charge < -0.3 is 29.6 Å². The number of nitrogens with one attached hydrogen (secondary N) is 3. The monoisotopic (exact) mass is 419 g/mol. The first kappa shape index (κ1) is 21.4. The summed E-state index contributed by atoms with van der Waals surface area (Å²) in [7, 11) is 4.22. The number of aromatic nitrogens is 1. The van der Waals surface area contributed by atoms with Gasteiger partial charge in [-0.05, 0) is 30.3 Å². The number of pyridine rings is 1. The number of quaternary nitrogens is 1. The topological polar surface area (TPSA) is 71.0 Å². The van der Waals surface area contributed by atoms with E-state index in [4.69, 9.17) is 21.7 Å². The molecule has 1 aliphatic rings. The van der Waals surface area contributed by atoms with E-state index in [9.17, 15) is 4.79 Å². The summed E-state index contributed by atoms with van der Waals surface area (Å²) in [5, 5.41) is 4.92. The molecule has 2 heterocycles. The number of hydrogen-bond acceptors (Lipinski definition) is 4. The highest BCUT2D eigenvalue weighted by atomic mass is 32.1. The summed E-state index contributed by atoms with van der Waals surface area (Å²) in [5.74, 6) is 1.87. The molecule has 0 atom stereocenters. The third-order valence-electron chi connectivity index (χ3n) is 4.78. The van der Waals surface area contributed by atoms with Crippen LogP contribution < -0.4 is 25.2 Å². The van der Waals surface area contributed by atoms with Crippen molar-refractivity contribution in [2.45, 2.75) is 20.4 Å². The molecule has 0 saturated carbocycles.